The van der Waals surface area contributed by atoms with E-state index in [4.69, 9.17) is 5.26 Å². The predicted molar refractivity (Wildman–Crippen MR) is 43.2 cm³/mol. The molecule has 0 aliphatic heterocycles. The first-order chi connectivity index (χ1) is 4.72. The Kier molecular flexibility index (Phi) is 9.92. The van der Waals surface area contributed by atoms with Crippen LogP contribution in [0.3, 0.4) is 0 Å². The summed E-state index contributed by atoms with van der Waals surface area (Å²) in [7, 11) is 0. The summed E-state index contributed by atoms with van der Waals surface area (Å²) in [5.74, 6) is -0.575. The molecule has 0 aromatic carbocycles. The summed E-state index contributed by atoms with van der Waals surface area (Å²) in [6.07, 6.45) is 0.235. The minimum atomic E-state index is -0.288. The molecule has 1 unspecified atom stereocenters. The molecule has 0 rings (SSSR count). The Balaban J connectivity index is 0. The molecule has 0 fully saturated rings. The molecule has 1 atom stereocenters. The van der Waals surface area contributed by atoms with E-state index in [1.807, 2.05) is 6.07 Å². The van der Waals surface area contributed by atoms with Gasteiger partial charge in [-0.1, -0.05) is 6.92 Å². The third-order valence-electron chi connectivity index (χ3n) is 1.09. The first-order valence-electron chi connectivity index (χ1n) is 3.26. The van der Waals surface area contributed by atoms with Gasteiger partial charge in [-0.2, -0.15) is 5.26 Å². The van der Waals surface area contributed by atoms with E-state index in [-0.39, 0.29) is 47.9 Å². The number of hydrogen-bond acceptors (Lipinski definition) is 3. The SMILES string of the molecule is CCOC(=O)C(C)CC#N.[NaH]. The van der Waals surface area contributed by atoms with Gasteiger partial charge in [0, 0.05) is 6.42 Å². The number of esters is 1. The molecule has 0 saturated carbocycles. The van der Waals surface area contributed by atoms with Crippen molar-refractivity contribution < 1.29 is 9.53 Å². The normalized spacial score (nSPS) is 10.6. The van der Waals surface area contributed by atoms with E-state index in [0.29, 0.717) is 6.61 Å². The van der Waals surface area contributed by atoms with Crippen LogP contribution in [0.1, 0.15) is 20.3 Å². The number of nitriles is 1. The second kappa shape index (κ2) is 8.06. The summed E-state index contributed by atoms with van der Waals surface area (Å²) in [6.45, 7) is 3.81. The number of carbonyl (C=O) groups excluding carboxylic acids is 1. The molecule has 0 bridgehead atoms. The molecule has 0 N–H and O–H groups in total. The molecule has 0 radical (unpaired) electrons. The van der Waals surface area contributed by atoms with E-state index in [2.05, 4.69) is 4.74 Å². The number of carbonyl (C=O) groups is 1. The fraction of sp³-hybridized carbons (Fsp3) is 0.714. The van der Waals surface area contributed by atoms with Crippen molar-refractivity contribution in [3.05, 3.63) is 0 Å². The Hall–Kier alpha value is -0.0400. The van der Waals surface area contributed by atoms with Crippen LogP contribution in [0.2, 0.25) is 0 Å². The van der Waals surface area contributed by atoms with Crippen molar-refractivity contribution in [1.29, 1.82) is 5.26 Å². The van der Waals surface area contributed by atoms with E-state index in [1.165, 1.54) is 0 Å². The van der Waals surface area contributed by atoms with Gasteiger partial charge in [0.2, 0.25) is 0 Å². The maximum absolute atomic E-state index is 10.8. The van der Waals surface area contributed by atoms with Crippen molar-refractivity contribution in [3.63, 3.8) is 0 Å². The van der Waals surface area contributed by atoms with Crippen LogP contribution in [0.25, 0.3) is 0 Å². The third-order valence-corrected chi connectivity index (χ3v) is 1.09. The molecule has 4 heteroatoms. The molecule has 0 aliphatic rings. The van der Waals surface area contributed by atoms with Crippen molar-refractivity contribution in [2.45, 2.75) is 20.3 Å². The molecule has 3 nitrogen and oxygen atoms in total. The quantitative estimate of drug-likeness (QED) is 0.450. The van der Waals surface area contributed by atoms with Crippen LogP contribution in [0.5, 0.6) is 0 Å². The van der Waals surface area contributed by atoms with Gasteiger partial charge in [-0.15, -0.1) is 0 Å². The average Bonchev–Trinajstić information content (AvgIpc) is 1.89. The Labute approximate surface area is 89.0 Å². The van der Waals surface area contributed by atoms with Gasteiger partial charge in [0.15, 0.2) is 0 Å². The summed E-state index contributed by atoms with van der Waals surface area (Å²) < 4.78 is 4.67. The van der Waals surface area contributed by atoms with E-state index in [9.17, 15) is 4.79 Å². The summed E-state index contributed by atoms with van der Waals surface area (Å²) >= 11 is 0. The third kappa shape index (κ3) is 6.36. The molecule has 0 saturated heterocycles. The van der Waals surface area contributed by atoms with Crippen molar-refractivity contribution in [3.8, 4) is 6.07 Å². The van der Waals surface area contributed by atoms with E-state index in [1.54, 1.807) is 13.8 Å². The fourth-order valence-electron chi connectivity index (χ4n) is 0.505. The molecule has 0 aromatic rings. The van der Waals surface area contributed by atoms with Gasteiger partial charge in [-0.3, -0.25) is 4.79 Å². The monoisotopic (exact) mass is 165 g/mol. The van der Waals surface area contributed by atoms with E-state index < -0.39 is 0 Å². The Morgan fingerprint density at radius 3 is 2.64 bits per heavy atom. The molecular formula is C7H12NNaO2. The van der Waals surface area contributed by atoms with Crippen LogP contribution >= 0.6 is 0 Å². The summed E-state index contributed by atoms with van der Waals surface area (Å²) in [5, 5.41) is 8.20. The van der Waals surface area contributed by atoms with Gasteiger partial charge in [-0.05, 0) is 6.92 Å². The molecule has 11 heavy (non-hydrogen) atoms. The first-order valence-corrected chi connectivity index (χ1v) is 3.26. The van der Waals surface area contributed by atoms with Crippen LogP contribution in [0.15, 0.2) is 0 Å². The van der Waals surface area contributed by atoms with Crippen LogP contribution in [0.4, 0.5) is 0 Å². The molecule has 0 aromatic heterocycles. The van der Waals surface area contributed by atoms with Crippen molar-refractivity contribution >= 4 is 35.5 Å². The molecule has 0 spiro atoms. The zero-order valence-corrected chi connectivity index (χ0v) is 6.26. The Morgan fingerprint density at radius 2 is 2.27 bits per heavy atom. The van der Waals surface area contributed by atoms with Crippen LogP contribution in [0, 0.1) is 17.2 Å². The molecule has 58 valence electrons. The Bertz CT molecular complexity index is 153. The van der Waals surface area contributed by atoms with Gasteiger partial charge >= 0.3 is 35.5 Å². The molecule has 0 heterocycles. The van der Waals surface area contributed by atoms with Crippen LogP contribution in [-0.2, 0) is 9.53 Å². The standard InChI is InChI=1S/C7H11NO2.Na.H/c1-3-10-7(9)6(2)4-5-8;;/h6H,3-4H2,1-2H3;;. The topological polar surface area (TPSA) is 50.1 Å². The molecule has 0 aliphatic carbocycles. The van der Waals surface area contributed by atoms with Gasteiger partial charge in [-0.25, -0.2) is 0 Å². The molecule has 0 amide bonds. The van der Waals surface area contributed by atoms with Gasteiger partial charge < -0.3 is 4.74 Å². The number of nitrogens with zero attached hydrogens (tertiary/aromatic N) is 1. The van der Waals surface area contributed by atoms with Crippen LogP contribution < -0.4 is 0 Å². The van der Waals surface area contributed by atoms with Crippen molar-refractivity contribution in [2.24, 2.45) is 5.92 Å². The van der Waals surface area contributed by atoms with Crippen molar-refractivity contribution in [2.75, 3.05) is 6.61 Å². The van der Waals surface area contributed by atoms with Gasteiger partial charge in [0.1, 0.15) is 0 Å². The zero-order chi connectivity index (χ0) is 7.98. The second-order valence-corrected chi connectivity index (χ2v) is 2.02. The number of ether oxygens (including phenoxy) is 1. The van der Waals surface area contributed by atoms with E-state index in [0.717, 1.165) is 0 Å². The molecular weight excluding hydrogens is 153 g/mol. The zero-order valence-electron chi connectivity index (χ0n) is 6.26. The van der Waals surface area contributed by atoms with Gasteiger partial charge in [0.25, 0.3) is 0 Å². The van der Waals surface area contributed by atoms with Gasteiger partial charge in [0.05, 0.1) is 18.6 Å². The average molecular weight is 165 g/mol. The van der Waals surface area contributed by atoms with Crippen LogP contribution in [-0.4, -0.2) is 42.1 Å². The van der Waals surface area contributed by atoms with E-state index >= 15 is 0 Å². The fourth-order valence-corrected chi connectivity index (χ4v) is 0.505. The summed E-state index contributed by atoms with van der Waals surface area (Å²) in [6, 6.07) is 1.91. The number of rotatable bonds is 3. The minimum absolute atomic E-state index is 0. The first kappa shape index (κ1) is 13.5. The Morgan fingerprint density at radius 1 is 1.73 bits per heavy atom. The summed E-state index contributed by atoms with van der Waals surface area (Å²) in [4.78, 5) is 10.8. The summed E-state index contributed by atoms with van der Waals surface area (Å²) in [5.41, 5.74) is 0. The second-order valence-electron chi connectivity index (χ2n) is 2.02. The number of hydrogen-bond donors (Lipinski definition) is 0. The van der Waals surface area contributed by atoms with Crippen molar-refractivity contribution in [1.82, 2.24) is 0 Å². The predicted octanol–water partition coefficient (Wildman–Crippen LogP) is 0.451. The maximum atomic E-state index is 10.8.